The minimum atomic E-state index is -1.22. The molecule has 1 heterocycles. The lowest BCUT2D eigenvalue weighted by atomic mass is 10.2. The number of para-hydroxylation sites is 1. The van der Waals surface area contributed by atoms with Crippen molar-refractivity contribution in [2.75, 3.05) is 0 Å². The van der Waals surface area contributed by atoms with Crippen LogP contribution in [0.1, 0.15) is 16.1 Å². The monoisotopic (exact) mass is 275 g/mol. The minimum Gasteiger partial charge on any atom is -0.476 e. The normalized spacial score (nSPS) is 10.1. The lowest BCUT2D eigenvalue weighted by molar-refractivity contribution is -0.386. The van der Waals surface area contributed by atoms with Crippen LogP contribution in [0.5, 0.6) is 11.6 Å². The third-order valence-electron chi connectivity index (χ3n) is 2.45. The summed E-state index contributed by atoms with van der Waals surface area (Å²) in [6.07, 6.45) is 2.11. The maximum absolute atomic E-state index is 11.0. The smallest absolute Gasteiger partial charge is 0.356 e. The maximum Gasteiger partial charge on any atom is 0.356 e. The number of aryl methyl sites for hydroxylation is 1. The fourth-order valence-corrected chi connectivity index (χ4v) is 1.54. The van der Waals surface area contributed by atoms with Crippen molar-refractivity contribution >= 4 is 11.7 Å². The quantitative estimate of drug-likeness (QED) is 0.671. The number of nitro groups is 1. The Balaban J connectivity index is 2.33. The van der Waals surface area contributed by atoms with Gasteiger partial charge in [-0.25, -0.2) is 14.8 Å². The summed E-state index contributed by atoms with van der Waals surface area (Å²) in [5.74, 6) is -1.22. The number of ether oxygens (including phenoxy) is 1. The van der Waals surface area contributed by atoms with Gasteiger partial charge in [0.1, 0.15) is 0 Å². The predicted octanol–water partition coefficient (Wildman–Crippen LogP) is 2.18. The van der Waals surface area contributed by atoms with E-state index in [1.54, 1.807) is 19.1 Å². The molecule has 0 bridgehead atoms. The molecule has 0 saturated heterocycles. The molecule has 1 aromatic carbocycles. The molecule has 0 fully saturated rings. The highest BCUT2D eigenvalue weighted by Gasteiger charge is 2.19. The van der Waals surface area contributed by atoms with Gasteiger partial charge in [-0.3, -0.25) is 10.1 Å². The summed E-state index contributed by atoms with van der Waals surface area (Å²) in [6.45, 7) is 1.59. The second-order valence-corrected chi connectivity index (χ2v) is 3.83. The summed E-state index contributed by atoms with van der Waals surface area (Å²) < 4.78 is 5.28. The number of carbonyl (C=O) groups is 1. The van der Waals surface area contributed by atoms with Crippen LogP contribution >= 0.6 is 0 Å². The number of nitrogens with zero attached hydrogens (tertiary/aromatic N) is 3. The van der Waals surface area contributed by atoms with Crippen molar-refractivity contribution < 1.29 is 19.6 Å². The van der Waals surface area contributed by atoms with Crippen LogP contribution in [0, 0.1) is 17.0 Å². The molecule has 0 atom stereocenters. The Morgan fingerprint density at radius 3 is 2.65 bits per heavy atom. The number of carboxylic acid groups (broad SMARTS) is 1. The molecule has 0 aliphatic heterocycles. The largest absolute Gasteiger partial charge is 0.476 e. The van der Waals surface area contributed by atoms with Crippen molar-refractivity contribution in [2.45, 2.75) is 6.92 Å². The number of aromatic nitrogens is 2. The van der Waals surface area contributed by atoms with E-state index in [1.807, 2.05) is 0 Å². The molecular weight excluding hydrogens is 266 g/mol. The Hall–Kier alpha value is -3.03. The molecule has 2 aromatic rings. The SMILES string of the molecule is Cc1cccc(Oc2cnc(C(=O)O)cn2)c1[N+](=O)[O-]. The van der Waals surface area contributed by atoms with Crippen LogP contribution in [-0.4, -0.2) is 26.0 Å². The fourth-order valence-electron chi connectivity index (χ4n) is 1.54. The van der Waals surface area contributed by atoms with Gasteiger partial charge in [-0.2, -0.15) is 0 Å². The molecule has 102 valence electrons. The van der Waals surface area contributed by atoms with Crippen molar-refractivity contribution in [3.05, 3.63) is 52.0 Å². The van der Waals surface area contributed by atoms with Crippen molar-refractivity contribution in [2.24, 2.45) is 0 Å². The van der Waals surface area contributed by atoms with E-state index in [1.165, 1.54) is 6.07 Å². The highest BCUT2D eigenvalue weighted by Crippen LogP contribution is 2.32. The highest BCUT2D eigenvalue weighted by molar-refractivity contribution is 5.84. The van der Waals surface area contributed by atoms with Gasteiger partial charge in [0.2, 0.25) is 11.6 Å². The van der Waals surface area contributed by atoms with E-state index in [-0.39, 0.29) is 23.0 Å². The predicted molar refractivity (Wildman–Crippen MR) is 66.9 cm³/mol. The van der Waals surface area contributed by atoms with E-state index < -0.39 is 10.9 Å². The van der Waals surface area contributed by atoms with Gasteiger partial charge in [-0.1, -0.05) is 12.1 Å². The van der Waals surface area contributed by atoms with E-state index in [9.17, 15) is 14.9 Å². The molecule has 0 saturated carbocycles. The van der Waals surface area contributed by atoms with Gasteiger partial charge in [-0.15, -0.1) is 0 Å². The molecule has 0 amide bonds. The molecule has 0 unspecified atom stereocenters. The Morgan fingerprint density at radius 2 is 2.10 bits per heavy atom. The van der Waals surface area contributed by atoms with E-state index >= 15 is 0 Å². The van der Waals surface area contributed by atoms with Crippen LogP contribution < -0.4 is 4.74 Å². The minimum absolute atomic E-state index is 0.0207. The van der Waals surface area contributed by atoms with Gasteiger partial charge in [0.15, 0.2) is 5.69 Å². The van der Waals surface area contributed by atoms with Crippen LogP contribution in [0.3, 0.4) is 0 Å². The van der Waals surface area contributed by atoms with Gasteiger partial charge < -0.3 is 9.84 Å². The van der Waals surface area contributed by atoms with Gasteiger partial charge >= 0.3 is 11.7 Å². The first-order chi connectivity index (χ1) is 9.49. The summed E-state index contributed by atoms with van der Waals surface area (Å²) in [7, 11) is 0. The van der Waals surface area contributed by atoms with Gasteiger partial charge in [0.25, 0.3) is 0 Å². The summed E-state index contributed by atoms with van der Waals surface area (Å²) >= 11 is 0. The maximum atomic E-state index is 11.0. The van der Waals surface area contributed by atoms with Crippen LogP contribution in [0.25, 0.3) is 0 Å². The topological polar surface area (TPSA) is 115 Å². The first-order valence-corrected chi connectivity index (χ1v) is 5.46. The molecule has 8 nitrogen and oxygen atoms in total. The van der Waals surface area contributed by atoms with Crippen LogP contribution in [-0.2, 0) is 0 Å². The lowest BCUT2D eigenvalue weighted by Crippen LogP contribution is -2.02. The summed E-state index contributed by atoms with van der Waals surface area (Å²) in [5, 5.41) is 19.7. The number of hydrogen-bond donors (Lipinski definition) is 1. The third kappa shape index (κ3) is 2.69. The first-order valence-electron chi connectivity index (χ1n) is 5.46. The number of hydrogen-bond acceptors (Lipinski definition) is 6. The number of benzene rings is 1. The number of nitro benzene ring substituents is 1. The zero-order chi connectivity index (χ0) is 14.7. The average Bonchev–Trinajstić information content (AvgIpc) is 2.39. The van der Waals surface area contributed by atoms with E-state index in [0.29, 0.717) is 5.56 Å². The first kappa shape index (κ1) is 13.4. The van der Waals surface area contributed by atoms with Crippen molar-refractivity contribution in [1.29, 1.82) is 0 Å². The second kappa shape index (κ2) is 5.31. The van der Waals surface area contributed by atoms with Crippen molar-refractivity contribution in [3.63, 3.8) is 0 Å². The number of carboxylic acids is 1. The summed E-state index contributed by atoms with van der Waals surface area (Å²) in [5.41, 5.74) is 0.0373. The second-order valence-electron chi connectivity index (χ2n) is 3.83. The Bertz CT molecular complexity index is 669. The Labute approximate surface area is 112 Å². The molecule has 20 heavy (non-hydrogen) atoms. The summed E-state index contributed by atoms with van der Waals surface area (Å²) in [6, 6.07) is 4.62. The van der Waals surface area contributed by atoms with Gasteiger partial charge in [-0.05, 0) is 13.0 Å². The fraction of sp³-hybridized carbons (Fsp3) is 0.0833. The van der Waals surface area contributed by atoms with Crippen LogP contribution in [0.4, 0.5) is 5.69 Å². The Kier molecular flexibility index (Phi) is 3.56. The molecule has 0 spiro atoms. The molecule has 1 aromatic heterocycles. The third-order valence-corrected chi connectivity index (χ3v) is 2.45. The number of rotatable bonds is 4. The molecular formula is C12H9N3O5. The molecule has 1 N–H and O–H groups in total. The molecule has 0 radical (unpaired) electrons. The molecule has 2 rings (SSSR count). The molecule has 8 heteroatoms. The zero-order valence-corrected chi connectivity index (χ0v) is 10.3. The standard InChI is InChI=1S/C12H9N3O5/c1-7-3-2-4-9(11(7)15(18)19)20-10-6-13-8(5-14-10)12(16)17/h2-6H,1H3,(H,16,17). The van der Waals surface area contributed by atoms with Crippen molar-refractivity contribution in [1.82, 2.24) is 9.97 Å². The highest BCUT2D eigenvalue weighted by atomic mass is 16.6. The van der Waals surface area contributed by atoms with E-state index in [4.69, 9.17) is 9.84 Å². The summed E-state index contributed by atoms with van der Waals surface area (Å²) in [4.78, 5) is 28.4. The van der Waals surface area contributed by atoms with E-state index in [2.05, 4.69) is 9.97 Å². The van der Waals surface area contributed by atoms with Gasteiger partial charge in [0, 0.05) is 5.56 Å². The zero-order valence-electron chi connectivity index (χ0n) is 10.3. The van der Waals surface area contributed by atoms with Crippen molar-refractivity contribution in [3.8, 4) is 11.6 Å². The number of aromatic carboxylic acids is 1. The van der Waals surface area contributed by atoms with Gasteiger partial charge in [0.05, 0.1) is 17.3 Å². The average molecular weight is 275 g/mol. The molecule has 0 aliphatic rings. The van der Waals surface area contributed by atoms with Crippen LogP contribution in [0.2, 0.25) is 0 Å². The lowest BCUT2D eigenvalue weighted by Gasteiger charge is -2.06. The van der Waals surface area contributed by atoms with Crippen LogP contribution in [0.15, 0.2) is 30.6 Å². The molecule has 0 aliphatic carbocycles. The van der Waals surface area contributed by atoms with E-state index in [0.717, 1.165) is 12.4 Å². The Morgan fingerprint density at radius 1 is 1.35 bits per heavy atom.